The van der Waals surface area contributed by atoms with E-state index < -0.39 is 0 Å². The first-order chi connectivity index (χ1) is 12.6. The standard InChI is InChI=1S/C19H21Cl2N3O2/c1-22-19(25)15-3-2-8-23-18(15)24-9-6-14(7-10-24)26-12-13-4-5-16(20)17(21)11-13/h2-5,8,11,14H,6-7,9-10,12H2,1H3,(H,22,25). The maximum Gasteiger partial charge on any atom is 0.254 e. The van der Waals surface area contributed by atoms with Crippen LogP contribution >= 0.6 is 23.2 Å². The zero-order valence-electron chi connectivity index (χ0n) is 14.5. The summed E-state index contributed by atoms with van der Waals surface area (Å²) in [5.74, 6) is 0.612. The molecule has 1 amide bonds. The molecule has 1 N–H and O–H groups in total. The lowest BCUT2D eigenvalue weighted by atomic mass is 10.1. The SMILES string of the molecule is CNC(=O)c1cccnc1N1CCC(OCc2ccc(Cl)c(Cl)c2)CC1. The Kier molecular flexibility index (Phi) is 6.35. The molecule has 2 heterocycles. The first-order valence-corrected chi connectivity index (χ1v) is 9.31. The normalized spacial score (nSPS) is 15.1. The van der Waals surface area contributed by atoms with Gasteiger partial charge in [-0.05, 0) is 42.7 Å². The van der Waals surface area contributed by atoms with Crippen LogP contribution in [0.5, 0.6) is 0 Å². The minimum Gasteiger partial charge on any atom is -0.373 e. The van der Waals surface area contributed by atoms with E-state index in [9.17, 15) is 4.79 Å². The first kappa shape index (κ1) is 19.0. The highest BCUT2D eigenvalue weighted by Gasteiger charge is 2.24. The Morgan fingerprint density at radius 3 is 2.73 bits per heavy atom. The van der Waals surface area contributed by atoms with Crippen molar-refractivity contribution in [1.29, 1.82) is 0 Å². The lowest BCUT2D eigenvalue weighted by Crippen LogP contribution is -2.38. The summed E-state index contributed by atoms with van der Waals surface area (Å²) in [4.78, 5) is 18.6. The lowest BCUT2D eigenvalue weighted by molar-refractivity contribution is 0.0250. The van der Waals surface area contributed by atoms with E-state index in [2.05, 4.69) is 15.2 Å². The van der Waals surface area contributed by atoms with Gasteiger partial charge in [0.2, 0.25) is 0 Å². The van der Waals surface area contributed by atoms with E-state index in [-0.39, 0.29) is 12.0 Å². The molecule has 0 atom stereocenters. The van der Waals surface area contributed by atoms with Gasteiger partial charge in [0.05, 0.1) is 28.3 Å². The minimum absolute atomic E-state index is 0.119. The van der Waals surface area contributed by atoms with Gasteiger partial charge in [-0.15, -0.1) is 0 Å². The lowest BCUT2D eigenvalue weighted by Gasteiger charge is -2.33. The number of carbonyl (C=O) groups excluding carboxylic acids is 1. The topological polar surface area (TPSA) is 54.5 Å². The summed E-state index contributed by atoms with van der Waals surface area (Å²) in [6.45, 7) is 2.11. The number of halogens is 2. The summed E-state index contributed by atoms with van der Waals surface area (Å²) in [6, 6.07) is 9.12. The molecule has 1 aromatic heterocycles. The van der Waals surface area contributed by atoms with Crippen molar-refractivity contribution >= 4 is 34.9 Å². The number of amides is 1. The van der Waals surface area contributed by atoms with Crippen LogP contribution in [0.3, 0.4) is 0 Å². The molecule has 2 aromatic rings. The van der Waals surface area contributed by atoms with E-state index in [1.165, 1.54) is 0 Å². The van der Waals surface area contributed by atoms with Crippen molar-refractivity contribution in [3.05, 3.63) is 57.7 Å². The Hall–Kier alpha value is -1.82. The number of anilines is 1. The molecule has 1 aliphatic rings. The zero-order chi connectivity index (χ0) is 18.5. The second-order valence-electron chi connectivity index (χ2n) is 6.20. The van der Waals surface area contributed by atoms with Gasteiger partial charge < -0.3 is 15.0 Å². The Labute approximate surface area is 163 Å². The number of carbonyl (C=O) groups is 1. The van der Waals surface area contributed by atoms with E-state index in [0.717, 1.165) is 37.3 Å². The van der Waals surface area contributed by atoms with Crippen molar-refractivity contribution in [2.45, 2.75) is 25.6 Å². The van der Waals surface area contributed by atoms with Gasteiger partial charge in [-0.1, -0.05) is 29.3 Å². The van der Waals surface area contributed by atoms with Gasteiger partial charge in [0, 0.05) is 26.3 Å². The fourth-order valence-electron chi connectivity index (χ4n) is 3.04. The molecule has 1 aliphatic heterocycles. The Balaban J connectivity index is 1.56. The average molecular weight is 394 g/mol. The van der Waals surface area contributed by atoms with Gasteiger partial charge in [0.25, 0.3) is 5.91 Å². The predicted molar refractivity (Wildman–Crippen MR) is 104 cm³/mol. The molecule has 0 spiro atoms. The quantitative estimate of drug-likeness (QED) is 0.835. The Morgan fingerprint density at radius 2 is 2.04 bits per heavy atom. The largest absolute Gasteiger partial charge is 0.373 e. The third-order valence-corrected chi connectivity index (χ3v) is 5.21. The number of ether oxygens (including phenoxy) is 1. The third kappa shape index (κ3) is 4.47. The second kappa shape index (κ2) is 8.71. The molecule has 26 heavy (non-hydrogen) atoms. The van der Waals surface area contributed by atoms with Gasteiger partial charge in [-0.3, -0.25) is 4.79 Å². The number of nitrogens with zero attached hydrogens (tertiary/aromatic N) is 2. The number of aromatic nitrogens is 1. The summed E-state index contributed by atoms with van der Waals surface area (Å²) >= 11 is 12.0. The molecule has 0 saturated carbocycles. The van der Waals surface area contributed by atoms with Crippen LogP contribution in [-0.2, 0) is 11.3 Å². The highest BCUT2D eigenvalue weighted by molar-refractivity contribution is 6.42. The molecule has 5 nitrogen and oxygen atoms in total. The van der Waals surface area contributed by atoms with Gasteiger partial charge >= 0.3 is 0 Å². The fourth-order valence-corrected chi connectivity index (χ4v) is 3.36. The smallest absolute Gasteiger partial charge is 0.254 e. The Bertz CT molecular complexity index is 777. The highest BCUT2D eigenvalue weighted by atomic mass is 35.5. The maximum atomic E-state index is 12.0. The fraction of sp³-hybridized carbons (Fsp3) is 0.368. The van der Waals surface area contributed by atoms with E-state index in [1.54, 1.807) is 31.4 Å². The van der Waals surface area contributed by atoms with Crippen molar-refractivity contribution in [2.24, 2.45) is 0 Å². The number of pyridine rings is 1. The molecule has 1 aromatic carbocycles. The highest BCUT2D eigenvalue weighted by Crippen LogP contribution is 2.25. The van der Waals surface area contributed by atoms with Crippen molar-refractivity contribution in [3.63, 3.8) is 0 Å². The van der Waals surface area contributed by atoms with E-state index in [4.69, 9.17) is 27.9 Å². The number of rotatable bonds is 5. The molecule has 7 heteroatoms. The van der Waals surface area contributed by atoms with Crippen LogP contribution in [0.4, 0.5) is 5.82 Å². The third-order valence-electron chi connectivity index (χ3n) is 4.47. The predicted octanol–water partition coefficient (Wildman–Crippen LogP) is 3.93. The Morgan fingerprint density at radius 1 is 1.27 bits per heavy atom. The number of benzene rings is 1. The van der Waals surface area contributed by atoms with Crippen LogP contribution in [0.25, 0.3) is 0 Å². The monoisotopic (exact) mass is 393 g/mol. The van der Waals surface area contributed by atoms with Gasteiger partial charge in [-0.25, -0.2) is 4.98 Å². The van der Waals surface area contributed by atoms with Crippen LogP contribution in [0, 0.1) is 0 Å². The number of hydrogen-bond acceptors (Lipinski definition) is 4. The van der Waals surface area contributed by atoms with Gasteiger partial charge in [-0.2, -0.15) is 0 Å². The van der Waals surface area contributed by atoms with Crippen molar-refractivity contribution in [3.8, 4) is 0 Å². The minimum atomic E-state index is -0.119. The molecular formula is C19H21Cl2N3O2. The van der Waals surface area contributed by atoms with E-state index >= 15 is 0 Å². The van der Waals surface area contributed by atoms with Gasteiger partial charge in [0.1, 0.15) is 5.82 Å². The molecule has 1 saturated heterocycles. The summed E-state index contributed by atoms with van der Waals surface area (Å²) < 4.78 is 6.02. The summed E-state index contributed by atoms with van der Waals surface area (Å²) in [6.07, 6.45) is 3.65. The summed E-state index contributed by atoms with van der Waals surface area (Å²) in [5, 5.41) is 3.75. The summed E-state index contributed by atoms with van der Waals surface area (Å²) in [7, 11) is 1.63. The van der Waals surface area contributed by atoms with Crippen molar-refractivity contribution in [1.82, 2.24) is 10.3 Å². The maximum absolute atomic E-state index is 12.0. The van der Waals surface area contributed by atoms with Crippen molar-refractivity contribution < 1.29 is 9.53 Å². The van der Waals surface area contributed by atoms with E-state index in [1.807, 2.05) is 12.1 Å². The second-order valence-corrected chi connectivity index (χ2v) is 7.01. The molecular weight excluding hydrogens is 373 g/mol. The zero-order valence-corrected chi connectivity index (χ0v) is 16.1. The molecule has 0 bridgehead atoms. The average Bonchev–Trinajstić information content (AvgIpc) is 2.68. The molecule has 0 unspecified atom stereocenters. The van der Waals surface area contributed by atoms with E-state index in [0.29, 0.717) is 22.2 Å². The number of hydrogen-bond donors (Lipinski definition) is 1. The molecule has 0 radical (unpaired) electrons. The van der Waals surface area contributed by atoms with Crippen molar-refractivity contribution in [2.75, 3.05) is 25.0 Å². The van der Waals surface area contributed by atoms with Crippen LogP contribution < -0.4 is 10.2 Å². The van der Waals surface area contributed by atoms with Crippen LogP contribution in [0.2, 0.25) is 10.0 Å². The summed E-state index contributed by atoms with van der Waals surface area (Å²) in [5.41, 5.74) is 1.61. The molecule has 1 fully saturated rings. The van der Waals surface area contributed by atoms with Crippen LogP contribution in [-0.4, -0.2) is 37.1 Å². The molecule has 3 rings (SSSR count). The molecule has 0 aliphatic carbocycles. The van der Waals surface area contributed by atoms with Crippen LogP contribution in [0.1, 0.15) is 28.8 Å². The van der Waals surface area contributed by atoms with Crippen LogP contribution in [0.15, 0.2) is 36.5 Å². The number of nitrogens with one attached hydrogen (secondary N) is 1. The number of piperidine rings is 1. The molecule has 138 valence electrons. The first-order valence-electron chi connectivity index (χ1n) is 8.56. The van der Waals surface area contributed by atoms with Gasteiger partial charge in [0.15, 0.2) is 0 Å².